The molecule has 0 aliphatic carbocycles. The van der Waals surface area contributed by atoms with Crippen molar-refractivity contribution in [2.24, 2.45) is 0 Å². The van der Waals surface area contributed by atoms with Crippen molar-refractivity contribution in [3.63, 3.8) is 0 Å². The highest BCUT2D eigenvalue weighted by Gasteiger charge is 2.26. The van der Waals surface area contributed by atoms with Gasteiger partial charge < -0.3 is 29.7 Å². The third-order valence-corrected chi connectivity index (χ3v) is 8.87. The number of rotatable bonds is 7. The number of carbonyl (C=O) groups is 1. The van der Waals surface area contributed by atoms with Crippen LogP contribution >= 0.6 is 0 Å². The Balaban J connectivity index is 1.36. The number of anilines is 1. The van der Waals surface area contributed by atoms with E-state index in [1.54, 1.807) is 0 Å². The molecule has 4 aromatic heterocycles. The van der Waals surface area contributed by atoms with E-state index in [2.05, 4.69) is 61.1 Å². The van der Waals surface area contributed by atoms with Crippen LogP contribution in [0.2, 0.25) is 0 Å². The molecule has 1 amide bonds. The number of hydrogen-bond donors (Lipinski definition) is 3. The average molecular weight is 584 g/mol. The Hall–Kier alpha value is -3.99. The number of H-pyrrole nitrogens is 1. The van der Waals surface area contributed by atoms with Gasteiger partial charge in [-0.05, 0) is 69.2 Å². The number of pyridine rings is 3. The van der Waals surface area contributed by atoms with E-state index in [0.29, 0.717) is 24.3 Å². The van der Waals surface area contributed by atoms with Crippen LogP contribution in [0.5, 0.6) is 0 Å². The van der Waals surface area contributed by atoms with Crippen LogP contribution in [-0.2, 0) is 11.3 Å². The van der Waals surface area contributed by atoms with Crippen LogP contribution in [0.3, 0.4) is 0 Å². The molecular weight excluding hydrogens is 542 g/mol. The molecule has 1 atom stereocenters. The van der Waals surface area contributed by atoms with E-state index in [4.69, 9.17) is 9.72 Å². The molecule has 0 spiro atoms. The highest BCUT2D eigenvalue weighted by molar-refractivity contribution is 5.97. The van der Waals surface area contributed by atoms with Gasteiger partial charge in [0, 0.05) is 103 Å². The Labute approximate surface area is 252 Å². The summed E-state index contributed by atoms with van der Waals surface area (Å²) in [6, 6.07) is 10.3. The number of piperazine rings is 1. The molecule has 1 unspecified atom stereocenters. The second-order valence-electron chi connectivity index (χ2n) is 11.7. The Morgan fingerprint density at radius 1 is 1.05 bits per heavy atom. The molecule has 2 saturated heterocycles. The van der Waals surface area contributed by atoms with Crippen molar-refractivity contribution in [1.29, 1.82) is 0 Å². The molecule has 4 aromatic rings. The first-order valence-corrected chi connectivity index (χ1v) is 15.2. The third kappa shape index (κ3) is 5.95. The standard InChI is InChI=1S/C33H41N7O3/c1-21-15-22(2)37-33(42)29(21)19-36-32(41)28-17-27-16-26(25-5-6-30(35-18-25)39-9-7-34-8-10-39)20-40(27)31(23(28)3)24(4)38-11-13-43-14-12-38/h5-6,15-18,20,24,34H,7-14,19H2,1-4H3,(H,36,41)(H,37,42). The van der Waals surface area contributed by atoms with Gasteiger partial charge in [-0.15, -0.1) is 0 Å². The van der Waals surface area contributed by atoms with E-state index in [9.17, 15) is 9.59 Å². The van der Waals surface area contributed by atoms with Crippen molar-refractivity contribution in [2.75, 3.05) is 57.4 Å². The van der Waals surface area contributed by atoms with Crippen molar-refractivity contribution < 1.29 is 9.53 Å². The zero-order valence-electron chi connectivity index (χ0n) is 25.5. The highest BCUT2D eigenvalue weighted by Crippen LogP contribution is 2.32. The number of carbonyl (C=O) groups excluding carboxylic acids is 1. The summed E-state index contributed by atoms with van der Waals surface area (Å²) in [5.74, 6) is 0.799. The lowest BCUT2D eigenvalue weighted by molar-refractivity contribution is 0.0187. The zero-order valence-corrected chi connectivity index (χ0v) is 25.5. The van der Waals surface area contributed by atoms with Gasteiger partial charge in [-0.1, -0.05) is 0 Å². The summed E-state index contributed by atoms with van der Waals surface area (Å²) >= 11 is 0. The number of ether oxygens (including phenoxy) is 1. The molecule has 226 valence electrons. The lowest BCUT2D eigenvalue weighted by Gasteiger charge is -2.34. The summed E-state index contributed by atoms with van der Waals surface area (Å²) in [4.78, 5) is 38.6. The van der Waals surface area contributed by atoms with Crippen molar-refractivity contribution in [2.45, 2.75) is 40.3 Å². The Kier molecular flexibility index (Phi) is 8.34. The maximum absolute atomic E-state index is 13.7. The number of aromatic amines is 1. The molecule has 6 heterocycles. The number of hydrogen-bond acceptors (Lipinski definition) is 7. The number of fused-ring (bicyclic) bond motifs is 1. The maximum atomic E-state index is 13.7. The molecule has 43 heavy (non-hydrogen) atoms. The number of aryl methyl sites for hydroxylation is 2. The molecule has 2 aliphatic rings. The molecule has 0 saturated carbocycles. The summed E-state index contributed by atoms with van der Waals surface area (Å²) in [5.41, 5.74) is 7.71. The number of nitrogens with zero attached hydrogens (tertiary/aromatic N) is 4. The molecule has 3 N–H and O–H groups in total. The summed E-state index contributed by atoms with van der Waals surface area (Å²) in [5, 5.41) is 6.41. The average Bonchev–Trinajstić information content (AvgIpc) is 3.44. The van der Waals surface area contributed by atoms with Crippen LogP contribution in [0, 0.1) is 20.8 Å². The fraction of sp³-hybridized carbons (Fsp3) is 0.424. The fourth-order valence-electron chi connectivity index (χ4n) is 6.42. The molecule has 0 aromatic carbocycles. The van der Waals surface area contributed by atoms with Gasteiger partial charge in [0.15, 0.2) is 0 Å². The second-order valence-corrected chi connectivity index (χ2v) is 11.7. The van der Waals surface area contributed by atoms with Gasteiger partial charge in [-0.2, -0.15) is 0 Å². The molecule has 2 fully saturated rings. The number of nitrogens with one attached hydrogen (secondary N) is 3. The van der Waals surface area contributed by atoms with Crippen LogP contribution in [0.25, 0.3) is 16.6 Å². The van der Waals surface area contributed by atoms with Crippen LogP contribution < -0.4 is 21.1 Å². The van der Waals surface area contributed by atoms with Crippen molar-refractivity contribution in [3.05, 3.63) is 86.7 Å². The molecule has 0 radical (unpaired) electrons. The number of aromatic nitrogens is 3. The molecule has 0 bridgehead atoms. The first kappa shape index (κ1) is 29.1. The summed E-state index contributed by atoms with van der Waals surface area (Å²) in [6.45, 7) is 15.0. The van der Waals surface area contributed by atoms with Gasteiger partial charge in [0.25, 0.3) is 11.5 Å². The second kappa shape index (κ2) is 12.3. The Morgan fingerprint density at radius 3 is 2.51 bits per heavy atom. The lowest BCUT2D eigenvalue weighted by Crippen LogP contribution is -2.43. The van der Waals surface area contributed by atoms with E-state index in [-0.39, 0.29) is 24.1 Å². The van der Waals surface area contributed by atoms with Gasteiger partial charge in [-0.25, -0.2) is 4.98 Å². The largest absolute Gasteiger partial charge is 0.379 e. The quantitative estimate of drug-likeness (QED) is 0.306. The van der Waals surface area contributed by atoms with Gasteiger partial charge in [0.2, 0.25) is 0 Å². The highest BCUT2D eigenvalue weighted by atomic mass is 16.5. The summed E-state index contributed by atoms with van der Waals surface area (Å²) in [7, 11) is 0. The Bertz CT molecular complexity index is 1680. The first-order valence-electron chi connectivity index (χ1n) is 15.2. The van der Waals surface area contributed by atoms with Gasteiger partial charge in [0.05, 0.1) is 13.2 Å². The molecule has 10 nitrogen and oxygen atoms in total. The van der Waals surface area contributed by atoms with E-state index in [1.807, 2.05) is 39.1 Å². The van der Waals surface area contributed by atoms with Crippen molar-refractivity contribution in [3.8, 4) is 11.1 Å². The lowest BCUT2D eigenvalue weighted by atomic mass is 10.0. The predicted octanol–water partition coefficient (Wildman–Crippen LogP) is 3.35. The maximum Gasteiger partial charge on any atom is 0.253 e. The van der Waals surface area contributed by atoms with Crippen LogP contribution in [-0.4, -0.2) is 77.7 Å². The normalized spacial score (nSPS) is 16.9. The number of amides is 1. The Morgan fingerprint density at radius 2 is 1.81 bits per heavy atom. The van der Waals surface area contributed by atoms with Crippen LogP contribution in [0.15, 0.2) is 47.5 Å². The summed E-state index contributed by atoms with van der Waals surface area (Å²) < 4.78 is 7.85. The minimum Gasteiger partial charge on any atom is -0.379 e. The van der Waals surface area contributed by atoms with E-state index in [1.165, 1.54) is 0 Å². The molecular formula is C33H41N7O3. The van der Waals surface area contributed by atoms with Gasteiger partial charge in [-0.3, -0.25) is 14.5 Å². The smallest absolute Gasteiger partial charge is 0.253 e. The predicted molar refractivity (Wildman–Crippen MR) is 169 cm³/mol. The zero-order chi connectivity index (χ0) is 30.1. The molecule has 6 rings (SSSR count). The van der Waals surface area contributed by atoms with Crippen LogP contribution in [0.4, 0.5) is 5.82 Å². The number of morpholine rings is 1. The van der Waals surface area contributed by atoms with Crippen molar-refractivity contribution >= 4 is 17.2 Å². The third-order valence-electron chi connectivity index (χ3n) is 8.87. The SMILES string of the molecule is Cc1cc(C)c(CNC(=O)c2cc3cc(-c4ccc(N5CCNCC5)nc4)cn3c(C(C)N3CCOCC3)c2C)c(=O)[nH]1. The topological polar surface area (TPSA) is 107 Å². The monoisotopic (exact) mass is 583 g/mol. The van der Waals surface area contributed by atoms with E-state index < -0.39 is 0 Å². The van der Waals surface area contributed by atoms with Crippen LogP contribution in [0.1, 0.15) is 51.4 Å². The van der Waals surface area contributed by atoms with Gasteiger partial charge >= 0.3 is 0 Å². The van der Waals surface area contributed by atoms with Gasteiger partial charge in [0.1, 0.15) is 5.82 Å². The van der Waals surface area contributed by atoms with Crippen molar-refractivity contribution in [1.82, 2.24) is 29.9 Å². The summed E-state index contributed by atoms with van der Waals surface area (Å²) in [6.07, 6.45) is 4.10. The molecule has 2 aliphatic heterocycles. The first-order chi connectivity index (χ1) is 20.8. The molecule has 10 heteroatoms. The fourth-order valence-corrected chi connectivity index (χ4v) is 6.42. The van der Waals surface area contributed by atoms with E-state index >= 15 is 0 Å². The minimum absolute atomic E-state index is 0.0646. The minimum atomic E-state index is -0.195. The van der Waals surface area contributed by atoms with E-state index in [0.717, 1.165) is 84.2 Å².